The van der Waals surface area contributed by atoms with Gasteiger partial charge in [-0.15, -0.1) is 11.7 Å². The lowest BCUT2D eigenvalue weighted by molar-refractivity contribution is 0.625. The van der Waals surface area contributed by atoms with Gasteiger partial charge in [-0.2, -0.15) is 0 Å². The summed E-state index contributed by atoms with van der Waals surface area (Å²) in [4.78, 5) is 1.07. The van der Waals surface area contributed by atoms with Gasteiger partial charge in [0.15, 0.2) is 0 Å². The van der Waals surface area contributed by atoms with E-state index in [1.165, 1.54) is 11.5 Å². The van der Waals surface area contributed by atoms with Crippen molar-refractivity contribution in [3.8, 4) is 0 Å². The van der Waals surface area contributed by atoms with Gasteiger partial charge in [0.05, 0.1) is 11.1 Å². The summed E-state index contributed by atoms with van der Waals surface area (Å²) in [7, 11) is 0. The molecule has 12 heavy (non-hydrogen) atoms. The van der Waals surface area contributed by atoms with Crippen molar-refractivity contribution in [2.75, 3.05) is 0 Å². The van der Waals surface area contributed by atoms with Crippen molar-refractivity contribution < 1.29 is 0 Å². The Hall–Kier alpha value is -0.740. The second-order valence-electron chi connectivity index (χ2n) is 2.65. The molecule has 1 heterocycles. The molecule has 1 aromatic rings. The van der Waals surface area contributed by atoms with Gasteiger partial charge in [0.2, 0.25) is 0 Å². The Morgan fingerprint density at radius 1 is 1.75 bits per heavy atom. The second-order valence-corrected chi connectivity index (χ2v) is 3.46. The van der Waals surface area contributed by atoms with Crippen molar-refractivity contribution in [2.24, 2.45) is 5.73 Å². The van der Waals surface area contributed by atoms with Crippen molar-refractivity contribution in [1.29, 1.82) is 0 Å². The Balaban J connectivity index is 2.29. The molecule has 0 radical (unpaired) electrons. The quantitative estimate of drug-likeness (QED) is 0.560. The van der Waals surface area contributed by atoms with Gasteiger partial charge in [-0.3, -0.25) is 0 Å². The SMILES string of the molecule is C=CCCCC(N)c1cnns1. The van der Waals surface area contributed by atoms with E-state index >= 15 is 0 Å². The van der Waals surface area contributed by atoms with Crippen LogP contribution >= 0.6 is 11.5 Å². The Morgan fingerprint density at radius 3 is 3.17 bits per heavy atom. The molecule has 1 rings (SSSR count). The molecule has 0 amide bonds. The van der Waals surface area contributed by atoms with Gasteiger partial charge in [-0.25, -0.2) is 0 Å². The average Bonchev–Trinajstić information content (AvgIpc) is 2.56. The summed E-state index contributed by atoms with van der Waals surface area (Å²) in [6, 6.07) is 0.102. The molecule has 1 unspecified atom stereocenters. The standard InChI is InChI=1S/C8H13N3S/c1-2-3-4-5-7(9)8-6-10-11-12-8/h2,6-7H,1,3-5,9H2. The van der Waals surface area contributed by atoms with E-state index in [0.29, 0.717) is 0 Å². The minimum absolute atomic E-state index is 0.102. The molecule has 0 saturated heterocycles. The molecule has 1 aromatic heterocycles. The monoisotopic (exact) mass is 183 g/mol. The minimum Gasteiger partial charge on any atom is -0.323 e. The van der Waals surface area contributed by atoms with E-state index in [4.69, 9.17) is 5.73 Å². The van der Waals surface area contributed by atoms with Gasteiger partial charge >= 0.3 is 0 Å². The maximum absolute atomic E-state index is 5.88. The first-order valence-electron chi connectivity index (χ1n) is 3.98. The number of rotatable bonds is 5. The van der Waals surface area contributed by atoms with E-state index in [0.717, 1.165) is 24.1 Å². The van der Waals surface area contributed by atoms with Crippen LogP contribution in [0.5, 0.6) is 0 Å². The van der Waals surface area contributed by atoms with E-state index in [-0.39, 0.29) is 6.04 Å². The summed E-state index contributed by atoms with van der Waals surface area (Å²) in [6.45, 7) is 3.66. The van der Waals surface area contributed by atoms with Crippen LogP contribution in [0, 0.1) is 0 Å². The number of aromatic nitrogens is 2. The van der Waals surface area contributed by atoms with E-state index in [1.807, 2.05) is 6.08 Å². The van der Waals surface area contributed by atoms with Gasteiger partial charge < -0.3 is 5.73 Å². The topological polar surface area (TPSA) is 51.8 Å². The van der Waals surface area contributed by atoms with Crippen LogP contribution in [0.25, 0.3) is 0 Å². The van der Waals surface area contributed by atoms with Crippen molar-refractivity contribution >= 4 is 11.5 Å². The third-order valence-corrected chi connectivity index (χ3v) is 2.46. The molecule has 0 saturated carbocycles. The van der Waals surface area contributed by atoms with Crippen LogP contribution < -0.4 is 5.73 Å². The fraction of sp³-hybridized carbons (Fsp3) is 0.500. The van der Waals surface area contributed by atoms with E-state index in [2.05, 4.69) is 16.2 Å². The highest BCUT2D eigenvalue weighted by Crippen LogP contribution is 2.18. The van der Waals surface area contributed by atoms with Gasteiger partial charge in [0.1, 0.15) is 0 Å². The molecule has 0 spiro atoms. The third-order valence-electron chi connectivity index (χ3n) is 1.67. The predicted octanol–water partition coefficient (Wildman–Crippen LogP) is 1.89. The van der Waals surface area contributed by atoms with E-state index < -0.39 is 0 Å². The molecule has 66 valence electrons. The summed E-state index contributed by atoms with van der Waals surface area (Å²) in [5.41, 5.74) is 5.88. The molecule has 0 aromatic carbocycles. The number of hydrogen-bond acceptors (Lipinski definition) is 4. The lowest BCUT2D eigenvalue weighted by Crippen LogP contribution is -2.07. The number of allylic oxidation sites excluding steroid dienone is 1. The maximum Gasteiger partial charge on any atom is 0.0669 e. The molecule has 0 aliphatic heterocycles. The van der Waals surface area contributed by atoms with Crippen molar-refractivity contribution in [3.63, 3.8) is 0 Å². The molecular weight excluding hydrogens is 170 g/mol. The predicted molar refractivity (Wildman–Crippen MR) is 50.9 cm³/mol. The zero-order valence-corrected chi connectivity index (χ0v) is 7.76. The average molecular weight is 183 g/mol. The molecule has 0 aliphatic rings. The maximum atomic E-state index is 5.88. The molecular formula is C8H13N3S. The number of nitrogens with two attached hydrogens (primary N) is 1. The van der Waals surface area contributed by atoms with Gasteiger partial charge in [-0.05, 0) is 30.8 Å². The second kappa shape index (κ2) is 5.00. The van der Waals surface area contributed by atoms with Crippen molar-refractivity contribution in [3.05, 3.63) is 23.7 Å². The highest BCUT2D eigenvalue weighted by molar-refractivity contribution is 7.05. The smallest absolute Gasteiger partial charge is 0.0669 e. The van der Waals surface area contributed by atoms with Crippen LogP contribution in [0.1, 0.15) is 30.2 Å². The van der Waals surface area contributed by atoms with E-state index in [1.54, 1.807) is 6.20 Å². The summed E-state index contributed by atoms with van der Waals surface area (Å²) in [5, 5.41) is 3.74. The fourth-order valence-corrected chi connectivity index (χ4v) is 1.50. The summed E-state index contributed by atoms with van der Waals surface area (Å²) < 4.78 is 3.76. The Labute approximate surface area is 76.5 Å². The molecule has 0 bridgehead atoms. The van der Waals surface area contributed by atoms with Crippen LogP contribution in [0.2, 0.25) is 0 Å². The van der Waals surface area contributed by atoms with E-state index in [9.17, 15) is 0 Å². The normalized spacial score (nSPS) is 12.8. The lowest BCUT2D eigenvalue weighted by Gasteiger charge is -2.05. The summed E-state index contributed by atoms with van der Waals surface area (Å²) in [6.07, 6.45) is 6.75. The largest absolute Gasteiger partial charge is 0.323 e. The van der Waals surface area contributed by atoms with Crippen LogP contribution in [0.15, 0.2) is 18.9 Å². The number of hydrogen-bond donors (Lipinski definition) is 1. The van der Waals surface area contributed by atoms with Crippen LogP contribution in [-0.2, 0) is 0 Å². The zero-order chi connectivity index (χ0) is 8.81. The van der Waals surface area contributed by atoms with Crippen LogP contribution in [0.4, 0.5) is 0 Å². The molecule has 3 nitrogen and oxygen atoms in total. The van der Waals surface area contributed by atoms with Gasteiger partial charge in [0, 0.05) is 6.04 Å². The molecule has 1 atom stereocenters. The highest BCUT2D eigenvalue weighted by Gasteiger charge is 2.06. The lowest BCUT2D eigenvalue weighted by atomic mass is 10.1. The van der Waals surface area contributed by atoms with Crippen LogP contribution in [-0.4, -0.2) is 9.59 Å². The first kappa shape index (κ1) is 9.35. The summed E-state index contributed by atoms with van der Waals surface area (Å²) in [5.74, 6) is 0. The summed E-state index contributed by atoms with van der Waals surface area (Å²) >= 11 is 1.38. The Bertz CT molecular complexity index is 220. The third kappa shape index (κ3) is 2.71. The number of unbranched alkanes of at least 4 members (excludes halogenated alkanes) is 1. The molecule has 0 aliphatic carbocycles. The molecule has 0 fully saturated rings. The van der Waals surface area contributed by atoms with Crippen molar-refractivity contribution in [1.82, 2.24) is 9.59 Å². The Kier molecular flexibility index (Phi) is 3.90. The van der Waals surface area contributed by atoms with Crippen molar-refractivity contribution in [2.45, 2.75) is 25.3 Å². The fourth-order valence-electron chi connectivity index (χ4n) is 0.963. The Morgan fingerprint density at radius 2 is 2.58 bits per heavy atom. The first-order chi connectivity index (χ1) is 5.84. The minimum atomic E-state index is 0.102. The molecule has 4 heteroatoms. The molecule has 2 N–H and O–H groups in total. The van der Waals surface area contributed by atoms with Gasteiger partial charge in [-0.1, -0.05) is 10.6 Å². The first-order valence-corrected chi connectivity index (χ1v) is 4.75. The van der Waals surface area contributed by atoms with Crippen LogP contribution in [0.3, 0.4) is 0 Å². The zero-order valence-electron chi connectivity index (χ0n) is 6.94. The highest BCUT2D eigenvalue weighted by atomic mass is 32.1. The number of nitrogens with zero attached hydrogens (tertiary/aromatic N) is 2. The van der Waals surface area contributed by atoms with Gasteiger partial charge in [0.25, 0.3) is 0 Å².